The summed E-state index contributed by atoms with van der Waals surface area (Å²) >= 11 is 2.21. The van der Waals surface area contributed by atoms with Crippen LogP contribution in [-0.2, 0) is 4.79 Å². The van der Waals surface area contributed by atoms with Crippen LogP contribution >= 0.6 is 22.6 Å². The van der Waals surface area contributed by atoms with Gasteiger partial charge >= 0.3 is 0 Å². The van der Waals surface area contributed by atoms with Crippen LogP contribution in [-0.4, -0.2) is 12.5 Å². The van der Waals surface area contributed by atoms with Crippen molar-refractivity contribution in [1.29, 1.82) is 0 Å². The van der Waals surface area contributed by atoms with E-state index in [4.69, 9.17) is 0 Å². The topological polar surface area (TPSA) is 41.1 Å². The molecular formula is C16H17IN2O. The molecule has 20 heavy (non-hydrogen) atoms. The number of hydrogen-bond donors (Lipinski definition) is 2. The first kappa shape index (κ1) is 14.8. The third-order valence-corrected chi connectivity index (χ3v) is 4.00. The fourth-order valence-corrected chi connectivity index (χ4v) is 2.54. The number of hydrogen-bond acceptors (Lipinski definition) is 2. The zero-order valence-electron chi connectivity index (χ0n) is 11.5. The molecule has 0 unspecified atom stereocenters. The van der Waals surface area contributed by atoms with Crippen molar-refractivity contribution in [2.75, 3.05) is 17.2 Å². The van der Waals surface area contributed by atoms with Crippen molar-refractivity contribution in [2.45, 2.75) is 13.8 Å². The lowest BCUT2D eigenvalue weighted by Gasteiger charge is -2.13. The zero-order valence-corrected chi connectivity index (χ0v) is 13.7. The van der Waals surface area contributed by atoms with Crippen molar-refractivity contribution < 1.29 is 4.79 Å². The van der Waals surface area contributed by atoms with E-state index in [0.717, 1.165) is 26.1 Å². The molecule has 0 bridgehead atoms. The van der Waals surface area contributed by atoms with Crippen LogP contribution in [0.25, 0.3) is 0 Å². The Morgan fingerprint density at radius 1 is 1.05 bits per heavy atom. The van der Waals surface area contributed by atoms with E-state index < -0.39 is 0 Å². The van der Waals surface area contributed by atoms with Crippen molar-refractivity contribution in [3.8, 4) is 0 Å². The van der Waals surface area contributed by atoms with Crippen LogP contribution < -0.4 is 10.6 Å². The molecule has 2 aromatic carbocycles. The second-order valence-corrected chi connectivity index (χ2v) is 5.81. The SMILES string of the molecule is Cc1cccc(C)c1NCC(=O)Nc1ccccc1I. The summed E-state index contributed by atoms with van der Waals surface area (Å²) in [5.41, 5.74) is 4.17. The average molecular weight is 380 g/mol. The van der Waals surface area contributed by atoms with E-state index in [1.54, 1.807) is 0 Å². The smallest absolute Gasteiger partial charge is 0.243 e. The zero-order chi connectivity index (χ0) is 14.5. The minimum Gasteiger partial charge on any atom is -0.376 e. The number of halogens is 1. The van der Waals surface area contributed by atoms with E-state index in [1.807, 2.05) is 56.3 Å². The van der Waals surface area contributed by atoms with E-state index >= 15 is 0 Å². The van der Waals surface area contributed by atoms with Crippen molar-refractivity contribution >= 4 is 39.9 Å². The van der Waals surface area contributed by atoms with Crippen LogP contribution in [0.15, 0.2) is 42.5 Å². The predicted molar refractivity (Wildman–Crippen MR) is 92.2 cm³/mol. The van der Waals surface area contributed by atoms with Crippen LogP contribution in [0.4, 0.5) is 11.4 Å². The number of aryl methyl sites for hydroxylation is 2. The monoisotopic (exact) mass is 380 g/mol. The Bertz CT molecular complexity index is 605. The Morgan fingerprint density at radius 2 is 1.70 bits per heavy atom. The molecule has 1 amide bonds. The summed E-state index contributed by atoms with van der Waals surface area (Å²) in [5.74, 6) is -0.0447. The number of benzene rings is 2. The van der Waals surface area contributed by atoms with Gasteiger partial charge in [0.25, 0.3) is 0 Å². The Morgan fingerprint density at radius 3 is 2.35 bits per heavy atom. The maximum absolute atomic E-state index is 12.0. The third-order valence-electron chi connectivity index (χ3n) is 3.05. The summed E-state index contributed by atoms with van der Waals surface area (Å²) in [4.78, 5) is 12.0. The highest BCUT2D eigenvalue weighted by molar-refractivity contribution is 14.1. The maximum Gasteiger partial charge on any atom is 0.243 e. The molecule has 0 aliphatic rings. The van der Waals surface area contributed by atoms with Gasteiger partial charge in [0.05, 0.1) is 12.2 Å². The van der Waals surface area contributed by atoms with Crippen molar-refractivity contribution in [1.82, 2.24) is 0 Å². The van der Waals surface area contributed by atoms with Crippen molar-refractivity contribution in [2.24, 2.45) is 0 Å². The molecule has 0 aliphatic heterocycles. The molecule has 104 valence electrons. The Hall–Kier alpha value is -1.56. The summed E-state index contributed by atoms with van der Waals surface area (Å²) in [7, 11) is 0. The van der Waals surface area contributed by atoms with Gasteiger partial charge in [-0.15, -0.1) is 0 Å². The van der Waals surface area contributed by atoms with Crippen LogP contribution in [0.1, 0.15) is 11.1 Å². The molecule has 0 saturated carbocycles. The standard InChI is InChI=1S/C16H17IN2O/c1-11-6-5-7-12(2)16(11)18-10-15(20)19-14-9-4-3-8-13(14)17/h3-9,18H,10H2,1-2H3,(H,19,20). The van der Waals surface area contributed by atoms with Gasteiger partial charge in [-0.05, 0) is 59.7 Å². The van der Waals surface area contributed by atoms with Crippen LogP contribution in [0.5, 0.6) is 0 Å². The number of para-hydroxylation sites is 2. The summed E-state index contributed by atoms with van der Waals surface area (Å²) in [5, 5.41) is 6.12. The fourth-order valence-electron chi connectivity index (χ4n) is 2.02. The Labute approximate surface area is 132 Å². The van der Waals surface area contributed by atoms with E-state index in [-0.39, 0.29) is 12.5 Å². The molecule has 0 heterocycles. The molecule has 2 rings (SSSR count). The largest absolute Gasteiger partial charge is 0.376 e. The van der Waals surface area contributed by atoms with Crippen LogP contribution in [0.2, 0.25) is 0 Å². The van der Waals surface area contributed by atoms with Gasteiger partial charge in [-0.1, -0.05) is 30.3 Å². The van der Waals surface area contributed by atoms with Gasteiger partial charge < -0.3 is 10.6 Å². The second kappa shape index (κ2) is 6.74. The quantitative estimate of drug-likeness (QED) is 0.789. The van der Waals surface area contributed by atoms with Gasteiger partial charge in [0.15, 0.2) is 0 Å². The molecule has 0 atom stereocenters. The molecule has 0 radical (unpaired) electrons. The minimum absolute atomic E-state index is 0.0447. The lowest BCUT2D eigenvalue weighted by Crippen LogP contribution is -2.22. The van der Waals surface area contributed by atoms with Crippen molar-refractivity contribution in [3.63, 3.8) is 0 Å². The lowest BCUT2D eigenvalue weighted by atomic mass is 10.1. The summed E-state index contributed by atoms with van der Waals surface area (Å²) in [6.07, 6.45) is 0. The van der Waals surface area contributed by atoms with E-state index in [1.165, 1.54) is 0 Å². The summed E-state index contributed by atoms with van der Waals surface area (Å²) in [6.45, 7) is 4.33. The van der Waals surface area contributed by atoms with Gasteiger partial charge in [0.2, 0.25) is 5.91 Å². The summed E-state index contributed by atoms with van der Waals surface area (Å²) < 4.78 is 1.03. The molecule has 2 aromatic rings. The maximum atomic E-state index is 12.0. The molecule has 0 aromatic heterocycles. The molecular weight excluding hydrogens is 363 g/mol. The number of rotatable bonds is 4. The normalized spacial score (nSPS) is 10.2. The molecule has 0 fully saturated rings. The second-order valence-electron chi connectivity index (χ2n) is 4.65. The number of anilines is 2. The van der Waals surface area contributed by atoms with Gasteiger partial charge in [0.1, 0.15) is 0 Å². The Balaban J connectivity index is 1.98. The molecule has 4 heteroatoms. The molecule has 0 saturated heterocycles. The number of nitrogens with one attached hydrogen (secondary N) is 2. The van der Waals surface area contributed by atoms with Crippen LogP contribution in [0.3, 0.4) is 0 Å². The number of amides is 1. The molecule has 3 nitrogen and oxygen atoms in total. The first-order valence-electron chi connectivity index (χ1n) is 6.42. The summed E-state index contributed by atoms with van der Waals surface area (Å²) in [6, 6.07) is 13.8. The first-order chi connectivity index (χ1) is 9.58. The van der Waals surface area contributed by atoms with E-state index in [0.29, 0.717) is 0 Å². The van der Waals surface area contributed by atoms with Gasteiger partial charge in [-0.3, -0.25) is 4.79 Å². The predicted octanol–water partition coefficient (Wildman–Crippen LogP) is 3.96. The molecule has 2 N–H and O–H groups in total. The van der Waals surface area contributed by atoms with E-state index in [9.17, 15) is 4.79 Å². The third kappa shape index (κ3) is 3.72. The van der Waals surface area contributed by atoms with Gasteiger partial charge in [0, 0.05) is 9.26 Å². The van der Waals surface area contributed by atoms with Gasteiger partial charge in [-0.25, -0.2) is 0 Å². The fraction of sp³-hybridized carbons (Fsp3) is 0.188. The minimum atomic E-state index is -0.0447. The van der Waals surface area contributed by atoms with Gasteiger partial charge in [-0.2, -0.15) is 0 Å². The average Bonchev–Trinajstić information content (AvgIpc) is 2.41. The Kier molecular flexibility index (Phi) is 5.00. The molecule has 0 spiro atoms. The number of carbonyl (C=O) groups excluding carboxylic acids is 1. The molecule has 0 aliphatic carbocycles. The van der Waals surface area contributed by atoms with E-state index in [2.05, 4.69) is 33.2 Å². The highest BCUT2D eigenvalue weighted by Crippen LogP contribution is 2.19. The lowest BCUT2D eigenvalue weighted by molar-refractivity contribution is -0.114. The highest BCUT2D eigenvalue weighted by Gasteiger charge is 2.07. The van der Waals surface area contributed by atoms with Crippen molar-refractivity contribution in [3.05, 3.63) is 57.2 Å². The first-order valence-corrected chi connectivity index (χ1v) is 7.50. The van der Waals surface area contributed by atoms with Crippen LogP contribution in [0, 0.1) is 17.4 Å². The number of carbonyl (C=O) groups is 1. The highest BCUT2D eigenvalue weighted by atomic mass is 127.